The molecule has 0 aliphatic carbocycles. The summed E-state index contributed by atoms with van der Waals surface area (Å²) in [5.41, 5.74) is -1.37. The van der Waals surface area contributed by atoms with Crippen LogP contribution >= 0.6 is 0 Å². The number of aliphatic hydroxyl groups excluding tert-OH is 11. The van der Waals surface area contributed by atoms with Crippen LogP contribution in [0.4, 0.5) is 0 Å². The Labute approximate surface area is 296 Å². The Bertz CT molecular complexity index is 1080. The lowest BCUT2D eigenvalue weighted by molar-refractivity contribution is -0.367. The van der Waals surface area contributed by atoms with Crippen LogP contribution < -0.4 is 0 Å². The molecule has 2 heterocycles. The highest BCUT2D eigenvalue weighted by Crippen LogP contribution is 2.47. The lowest BCUT2D eigenvalue weighted by Gasteiger charge is -2.46. The van der Waals surface area contributed by atoms with E-state index in [0.717, 1.165) is 6.21 Å². The van der Waals surface area contributed by atoms with Gasteiger partial charge in [-0.25, -0.2) is 0 Å². The van der Waals surface area contributed by atoms with Gasteiger partial charge in [0.15, 0.2) is 19.2 Å². The Balaban J connectivity index is 2.03. The number of hydrogen-bond donors (Lipinski definition) is 11. The van der Waals surface area contributed by atoms with Gasteiger partial charge in [0.05, 0.1) is 31.5 Å². The van der Waals surface area contributed by atoms with Crippen molar-refractivity contribution in [3.63, 3.8) is 0 Å². The van der Waals surface area contributed by atoms with Crippen LogP contribution in [0.2, 0.25) is 0 Å². The minimum atomic E-state index is -2.05. The summed E-state index contributed by atoms with van der Waals surface area (Å²) in [7, 11) is 0. The lowest BCUT2D eigenvalue weighted by atomic mass is 9.61. The maximum absolute atomic E-state index is 13.0. The molecule has 2 saturated heterocycles. The highest BCUT2D eigenvalue weighted by molar-refractivity contribution is 5.77. The van der Waals surface area contributed by atoms with Gasteiger partial charge < -0.3 is 84.7 Å². The summed E-state index contributed by atoms with van der Waals surface area (Å²) in [4.78, 5) is 18.1. The van der Waals surface area contributed by atoms with Gasteiger partial charge in [0, 0.05) is 0 Å². The van der Waals surface area contributed by atoms with E-state index in [9.17, 15) is 61.0 Å². The first kappa shape index (κ1) is 45.5. The Morgan fingerprint density at radius 2 is 1.35 bits per heavy atom. The van der Waals surface area contributed by atoms with E-state index in [0.29, 0.717) is 6.42 Å². The van der Waals surface area contributed by atoms with Crippen LogP contribution in [0.25, 0.3) is 0 Å². The minimum Gasteiger partial charge on any atom is -0.462 e. The number of oxime groups is 1. The van der Waals surface area contributed by atoms with Gasteiger partial charge in [-0.3, -0.25) is 4.79 Å². The molecule has 2 rings (SSSR count). The first-order chi connectivity index (χ1) is 23.5. The Kier molecular flexibility index (Phi) is 17.0. The SMILES string of the molecule is CC(C)(C)CC(C)(C(=O)OCCON=CC(O)C(O)C(OC1OC(CO)C(OC2OC(CO)C(O)C(O)C2O)C(O)C1O)C(O)CO)C(C)(C)C. The standard InChI is InChI=1S/C32H59NO18/c1-30(2,3)14-32(7,31(4,5)6)29(45)46-8-9-47-33-10-15(37)19(39)25(16(38)11-34)50-28-24(44)22(42)26(18(13-36)49-28)51-27-23(43)21(41)20(40)17(12-35)48-27/h10,15-28,34-44H,8-9,11-14H2,1-7H3. The average Bonchev–Trinajstić information content (AvgIpc) is 3.05. The van der Waals surface area contributed by atoms with E-state index in [1.165, 1.54) is 0 Å². The second-order valence-electron chi connectivity index (χ2n) is 15.4. The van der Waals surface area contributed by atoms with E-state index >= 15 is 0 Å². The molecule has 11 N–H and O–H groups in total. The predicted octanol–water partition coefficient (Wildman–Crippen LogP) is -3.90. The Hall–Kier alpha value is -1.66. The summed E-state index contributed by atoms with van der Waals surface area (Å²) in [5.74, 6) is -0.418. The lowest BCUT2D eigenvalue weighted by Crippen LogP contribution is -2.65. The van der Waals surface area contributed by atoms with Crippen LogP contribution in [-0.2, 0) is 33.3 Å². The molecule has 0 amide bonds. The fourth-order valence-electron chi connectivity index (χ4n) is 5.80. The monoisotopic (exact) mass is 745 g/mol. The molecule has 2 fully saturated rings. The van der Waals surface area contributed by atoms with Gasteiger partial charge in [-0.05, 0) is 24.2 Å². The van der Waals surface area contributed by atoms with Crippen molar-refractivity contribution in [3.05, 3.63) is 0 Å². The minimum absolute atomic E-state index is 0.153. The largest absolute Gasteiger partial charge is 0.462 e. The second kappa shape index (κ2) is 19.1. The van der Waals surface area contributed by atoms with E-state index in [-0.39, 0.29) is 18.6 Å². The van der Waals surface area contributed by atoms with Crippen molar-refractivity contribution < 1.29 is 89.5 Å². The average molecular weight is 746 g/mol. The first-order valence-corrected chi connectivity index (χ1v) is 16.8. The van der Waals surface area contributed by atoms with Gasteiger partial charge in [0.25, 0.3) is 0 Å². The van der Waals surface area contributed by atoms with Gasteiger partial charge in [-0.1, -0.05) is 46.7 Å². The van der Waals surface area contributed by atoms with Crippen LogP contribution in [0.5, 0.6) is 0 Å². The molecule has 51 heavy (non-hydrogen) atoms. The summed E-state index contributed by atoms with van der Waals surface area (Å²) in [5, 5.41) is 116. The van der Waals surface area contributed by atoms with Crippen molar-refractivity contribution in [1.29, 1.82) is 0 Å². The summed E-state index contributed by atoms with van der Waals surface area (Å²) in [6.45, 7) is 10.7. The molecule has 2 aliphatic rings. The van der Waals surface area contributed by atoms with Crippen molar-refractivity contribution in [2.45, 2.75) is 141 Å². The zero-order chi connectivity index (χ0) is 39.1. The highest BCUT2D eigenvalue weighted by atomic mass is 16.7. The zero-order valence-electron chi connectivity index (χ0n) is 30.1. The number of aliphatic hydroxyl groups is 11. The van der Waals surface area contributed by atoms with Gasteiger partial charge in [0.1, 0.15) is 79.9 Å². The molecule has 0 aromatic carbocycles. The number of ether oxygens (including phenoxy) is 5. The molecule has 0 saturated carbocycles. The van der Waals surface area contributed by atoms with E-state index in [1.54, 1.807) is 0 Å². The number of carbonyl (C=O) groups is 1. The van der Waals surface area contributed by atoms with Crippen molar-refractivity contribution in [3.8, 4) is 0 Å². The molecule has 0 bridgehead atoms. The van der Waals surface area contributed by atoms with Crippen LogP contribution in [0.3, 0.4) is 0 Å². The van der Waals surface area contributed by atoms with E-state index in [1.807, 2.05) is 48.5 Å². The van der Waals surface area contributed by atoms with E-state index in [2.05, 4.69) is 5.16 Å². The van der Waals surface area contributed by atoms with Crippen molar-refractivity contribution in [2.75, 3.05) is 33.0 Å². The molecule has 19 heteroatoms. The molecule has 0 spiro atoms. The third-order valence-corrected chi connectivity index (χ3v) is 9.19. The number of carbonyl (C=O) groups excluding carboxylic acids is 1. The number of nitrogens with zero attached hydrogens (tertiary/aromatic N) is 1. The predicted molar refractivity (Wildman–Crippen MR) is 173 cm³/mol. The highest BCUT2D eigenvalue weighted by Gasteiger charge is 2.52. The molecule has 0 aromatic heterocycles. The molecular formula is C32H59NO18. The summed E-state index contributed by atoms with van der Waals surface area (Å²) in [6.07, 6.45) is -24.1. The molecule has 300 valence electrons. The smallest absolute Gasteiger partial charge is 0.312 e. The van der Waals surface area contributed by atoms with E-state index in [4.69, 9.17) is 28.5 Å². The summed E-state index contributed by atoms with van der Waals surface area (Å²) >= 11 is 0. The molecule has 2 aliphatic heterocycles. The van der Waals surface area contributed by atoms with Gasteiger partial charge in [-0.15, -0.1) is 0 Å². The van der Waals surface area contributed by atoms with Crippen LogP contribution in [0, 0.1) is 16.2 Å². The molecule has 0 radical (unpaired) electrons. The molecule has 0 aromatic rings. The Morgan fingerprint density at radius 3 is 1.88 bits per heavy atom. The fraction of sp³-hybridized carbons (Fsp3) is 0.938. The van der Waals surface area contributed by atoms with Crippen molar-refractivity contribution in [1.82, 2.24) is 0 Å². The Morgan fingerprint density at radius 1 is 0.784 bits per heavy atom. The van der Waals surface area contributed by atoms with Gasteiger partial charge in [-0.2, -0.15) is 0 Å². The third-order valence-electron chi connectivity index (χ3n) is 9.19. The van der Waals surface area contributed by atoms with Gasteiger partial charge >= 0.3 is 5.97 Å². The fourth-order valence-corrected chi connectivity index (χ4v) is 5.80. The molecule has 15 unspecified atom stereocenters. The van der Waals surface area contributed by atoms with Crippen LogP contribution in [0.15, 0.2) is 5.16 Å². The first-order valence-electron chi connectivity index (χ1n) is 16.8. The number of rotatable bonds is 17. The third kappa shape index (κ3) is 11.7. The van der Waals surface area contributed by atoms with Crippen molar-refractivity contribution >= 4 is 12.2 Å². The summed E-state index contributed by atoms with van der Waals surface area (Å²) in [6, 6.07) is 0. The van der Waals surface area contributed by atoms with Crippen LogP contribution in [-0.4, -0.2) is 187 Å². The maximum atomic E-state index is 13.0. The quantitative estimate of drug-likeness (QED) is 0.0293. The van der Waals surface area contributed by atoms with E-state index < -0.39 is 122 Å². The topological polar surface area (TPSA) is 307 Å². The zero-order valence-corrected chi connectivity index (χ0v) is 30.1. The van der Waals surface area contributed by atoms with Crippen LogP contribution in [0.1, 0.15) is 54.9 Å². The second-order valence-corrected chi connectivity index (χ2v) is 15.4. The normalized spacial score (nSPS) is 34.4. The molecular weight excluding hydrogens is 686 g/mol. The number of esters is 1. The maximum Gasteiger partial charge on any atom is 0.312 e. The number of hydrogen-bond acceptors (Lipinski definition) is 19. The molecule has 15 atom stereocenters. The summed E-state index contributed by atoms with van der Waals surface area (Å²) < 4.78 is 27.1. The molecule has 19 nitrogen and oxygen atoms in total. The van der Waals surface area contributed by atoms with Gasteiger partial charge in [0.2, 0.25) is 0 Å². The van der Waals surface area contributed by atoms with Crippen molar-refractivity contribution in [2.24, 2.45) is 21.4 Å².